The number of nitro groups is 1. The van der Waals surface area contributed by atoms with Crippen LogP contribution in [-0.2, 0) is 4.79 Å². The van der Waals surface area contributed by atoms with Gasteiger partial charge in [-0.3, -0.25) is 14.9 Å². The molecule has 0 fully saturated rings. The first kappa shape index (κ1) is 16.0. The van der Waals surface area contributed by atoms with Crippen LogP contribution in [0.3, 0.4) is 0 Å². The van der Waals surface area contributed by atoms with Crippen LogP contribution in [0.4, 0.5) is 11.4 Å². The Morgan fingerprint density at radius 1 is 1.18 bits per heavy atom. The number of hydrogen-bond acceptors (Lipinski definition) is 3. The highest BCUT2D eigenvalue weighted by Gasteiger charge is 2.07. The SMILES string of the molecule is O=C(/C=C/c1cccc([N+](=O)[O-])c1)Nc1cccc(Cl)c1Cl. The second-order valence-corrected chi connectivity index (χ2v) is 5.06. The Morgan fingerprint density at radius 2 is 1.91 bits per heavy atom. The number of anilines is 1. The molecule has 0 aromatic heterocycles. The summed E-state index contributed by atoms with van der Waals surface area (Å²) in [6.45, 7) is 0. The van der Waals surface area contributed by atoms with Crippen molar-refractivity contribution in [3.05, 3.63) is 74.3 Å². The highest BCUT2D eigenvalue weighted by atomic mass is 35.5. The first-order valence-corrected chi connectivity index (χ1v) is 6.90. The zero-order chi connectivity index (χ0) is 16.1. The average molecular weight is 337 g/mol. The van der Waals surface area contributed by atoms with Crippen LogP contribution < -0.4 is 5.32 Å². The van der Waals surface area contributed by atoms with Crippen molar-refractivity contribution in [2.75, 3.05) is 5.32 Å². The quantitative estimate of drug-likeness (QED) is 0.505. The lowest BCUT2D eigenvalue weighted by atomic mass is 10.2. The molecule has 2 aromatic carbocycles. The highest BCUT2D eigenvalue weighted by molar-refractivity contribution is 6.44. The van der Waals surface area contributed by atoms with E-state index in [9.17, 15) is 14.9 Å². The van der Waals surface area contributed by atoms with Crippen molar-refractivity contribution in [2.24, 2.45) is 0 Å². The van der Waals surface area contributed by atoms with Gasteiger partial charge < -0.3 is 5.32 Å². The Bertz CT molecular complexity index is 760. The van der Waals surface area contributed by atoms with Crippen LogP contribution in [0.2, 0.25) is 10.0 Å². The third-order valence-corrected chi connectivity index (χ3v) is 3.54. The van der Waals surface area contributed by atoms with Crippen molar-refractivity contribution >= 4 is 46.6 Å². The summed E-state index contributed by atoms with van der Waals surface area (Å²) in [6.07, 6.45) is 2.73. The number of carbonyl (C=O) groups is 1. The number of carbonyl (C=O) groups excluding carboxylic acids is 1. The minimum absolute atomic E-state index is 0.0413. The van der Waals surface area contributed by atoms with E-state index in [4.69, 9.17) is 23.2 Å². The molecular weight excluding hydrogens is 327 g/mol. The van der Waals surface area contributed by atoms with Gasteiger partial charge >= 0.3 is 0 Å². The first-order chi connectivity index (χ1) is 10.5. The zero-order valence-corrected chi connectivity index (χ0v) is 12.6. The molecule has 0 saturated carbocycles. The summed E-state index contributed by atoms with van der Waals surface area (Å²) >= 11 is 11.8. The summed E-state index contributed by atoms with van der Waals surface area (Å²) in [5, 5.41) is 13.8. The molecule has 0 aliphatic carbocycles. The Labute approximate surface area is 136 Å². The van der Waals surface area contributed by atoms with Crippen molar-refractivity contribution in [3.63, 3.8) is 0 Å². The molecule has 2 aromatic rings. The van der Waals surface area contributed by atoms with Gasteiger partial charge in [-0.2, -0.15) is 0 Å². The van der Waals surface area contributed by atoms with Gasteiger partial charge in [0, 0.05) is 18.2 Å². The molecule has 0 radical (unpaired) electrons. The standard InChI is InChI=1S/C15H10Cl2N2O3/c16-12-5-2-6-13(15(12)17)18-14(20)8-7-10-3-1-4-11(9-10)19(21)22/h1-9H,(H,18,20)/b8-7+. The van der Waals surface area contributed by atoms with E-state index in [1.807, 2.05) is 0 Å². The fourth-order valence-corrected chi connectivity index (χ4v) is 2.04. The fraction of sp³-hybridized carbons (Fsp3) is 0. The largest absolute Gasteiger partial charge is 0.321 e. The molecule has 0 bridgehead atoms. The monoisotopic (exact) mass is 336 g/mol. The minimum Gasteiger partial charge on any atom is -0.321 e. The summed E-state index contributed by atoms with van der Waals surface area (Å²) in [7, 11) is 0. The van der Waals surface area contributed by atoms with Crippen LogP contribution in [-0.4, -0.2) is 10.8 Å². The Hall–Kier alpha value is -2.37. The normalized spacial score (nSPS) is 10.6. The van der Waals surface area contributed by atoms with Crippen LogP contribution in [0, 0.1) is 10.1 Å². The van der Waals surface area contributed by atoms with Gasteiger partial charge in [0.25, 0.3) is 5.69 Å². The molecular formula is C15H10Cl2N2O3. The van der Waals surface area contributed by atoms with Crippen molar-refractivity contribution < 1.29 is 9.72 Å². The molecule has 0 heterocycles. The number of nitrogens with one attached hydrogen (secondary N) is 1. The van der Waals surface area contributed by atoms with Gasteiger partial charge in [0.2, 0.25) is 5.91 Å². The van der Waals surface area contributed by atoms with E-state index in [0.29, 0.717) is 16.3 Å². The van der Waals surface area contributed by atoms with Crippen molar-refractivity contribution in [1.29, 1.82) is 0 Å². The van der Waals surface area contributed by atoms with Gasteiger partial charge in [0.05, 0.1) is 20.7 Å². The number of rotatable bonds is 4. The second-order valence-electron chi connectivity index (χ2n) is 4.28. The lowest BCUT2D eigenvalue weighted by Crippen LogP contribution is -2.08. The first-order valence-electron chi connectivity index (χ1n) is 6.15. The molecule has 0 aliphatic heterocycles. The van der Waals surface area contributed by atoms with Crippen LogP contribution in [0.25, 0.3) is 6.08 Å². The number of amides is 1. The fourth-order valence-electron chi connectivity index (χ4n) is 1.69. The smallest absolute Gasteiger partial charge is 0.270 e. The number of halogens is 2. The van der Waals surface area contributed by atoms with E-state index < -0.39 is 10.8 Å². The third kappa shape index (κ3) is 4.07. The van der Waals surface area contributed by atoms with Crippen LogP contribution in [0.15, 0.2) is 48.5 Å². The van der Waals surface area contributed by atoms with Crippen LogP contribution in [0.1, 0.15) is 5.56 Å². The summed E-state index contributed by atoms with van der Waals surface area (Å²) in [5.74, 6) is -0.421. The van der Waals surface area contributed by atoms with Gasteiger partial charge in [0.1, 0.15) is 0 Å². The van der Waals surface area contributed by atoms with Gasteiger partial charge in [-0.25, -0.2) is 0 Å². The van der Waals surface area contributed by atoms with E-state index in [-0.39, 0.29) is 10.7 Å². The lowest BCUT2D eigenvalue weighted by Gasteiger charge is -2.05. The van der Waals surface area contributed by atoms with E-state index in [0.717, 1.165) is 0 Å². The molecule has 0 aliphatic rings. The minimum atomic E-state index is -0.497. The molecule has 0 spiro atoms. The summed E-state index contributed by atoms with van der Waals surface area (Å²) < 4.78 is 0. The molecule has 22 heavy (non-hydrogen) atoms. The van der Waals surface area contributed by atoms with Crippen molar-refractivity contribution in [2.45, 2.75) is 0 Å². The second kappa shape index (κ2) is 7.06. The predicted molar refractivity (Wildman–Crippen MR) is 87.2 cm³/mol. The molecule has 0 unspecified atom stereocenters. The maximum Gasteiger partial charge on any atom is 0.270 e. The number of nitro benzene ring substituents is 1. The molecule has 0 atom stereocenters. The maximum atomic E-state index is 11.8. The van der Waals surface area contributed by atoms with E-state index in [2.05, 4.69) is 5.32 Å². The molecule has 5 nitrogen and oxygen atoms in total. The average Bonchev–Trinajstić information content (AvgIpc) is 2.50. The van der Waals surface area contributed by atoms with Gasteiger partial charge in [-0.05, 0) is 23.8 Å². The Balaban J connectivity index is 2.10. The lowest BCUT2D eigenvalue weighted by molar-refractivity contribution is -0.384. The summed E-state index contributed by atoms with van der Waals surface area (Å²) in [5.41, 5.74) is 0.893. The van der Waals surface area contributed by atoms with Gasteiger partial charge in [-0.1, -0.05) is 41.4 Å². The summed E-state index contributed by atoms with van der Waals surface area (Å²) in [4.78, 5) is 22.0. The van der Waals surface area contributed by atoms with Crippen molar-refractivity contribution in [3.8, 4) is 0 Å². The van der Waals surface area contributed by atoms with E-state index >= 15 is 0 Å². The van der Waals surface area contributed by atoms with E-state index in [1.165, 1.54) is 24.3 Å². The third-order valence-electron chi connectivity index (χ3n) is 2.72. The topological polar surface area (TPSA) is 72.2 Å². The molecule has 7 heteroatoms. The Morgan fingerprint density at radius 3 is 2.64 bits per heavy atom. The predicted octanol–water partition coefficient (Wildman–Crippen LogP) is 4.55. The van der Waals surface area contributed by atoms with Crippen LogP contribution in [0.5, 0.6) is 0 Å². The molecule has 112 valence electrons. The molecule has 2 rings (SSSR count). The number of hydrogen-bond donors (Lipinski definition) is 1. The zero-order valence-electron chi connectivity index (χ0n) is 11.1. The summed E-state index contributed by atoms with van der Waals surface area (Å²) in [6, 6.07) is 10.8. The molecule has 0 saturated heterocycles. The molecule has 1 N–H and O–H groups in total. The van der Waals surface area contributed by atoms with Gasteiger partial charge in [0.15, 0.2) is 0 Å². The van der Waals surface area contributed by atoms with Crippen LogP contribution >= 0.6 is 23.2 Å². The van der Waals surface area contributed by atoms with E-state index in [1.54, 1.807) is 30.3 Å². The van der Waals surface area contributed by atoms with Crippen molar-refractivity contribution in [1.82, 2.24) is 0 Å². The number of non-ortho nitro benzene ring substituents is 1. The van der Waals surface area contributed by atoms with Gasteiger partial charge in [-0.15, -0.1) is 0 Å². The molecule has 1 amide bonds. The maximum absolute atomic E-state index is 11.8. The number of nitrogens with zero attached hydrogens (tertiary/aromatic N) is 1. The Kier molecular flexibility index (Phi) is 5.14. The highest BCUT2D eigenvalue weighted by Crippen LogP contribution is 2.29. The number of benzene rings is 2.